The summed E-state index contributed by atoms with van der Waals surface area (Å²) in [6, 6.07) is 1.73. The van der Waals surface area contributed by atoms with Crippen molar-refractivity contribution in [1.82, 2.24) is 4.90 Å². The molecular formula is C13H21NO3S. The smallest absolute Gasteiger partial charge is 0.345 e. The number of aliphatic hydroxyl groups is 1. The number of aryl methyl sites for hydroxylation is 1. The largest absolute Gasteiger partial charge is 0.477 e. The predicted molar refractivity (Wildman–Crippen MR) is 73.3 cm³/mol. The molecular weight excluding hydrogens is 250 g/mol. The van der Waals surface area contributed by atoms with E-state index in [0.29, 0.717) is 18.0 Å². The van der Waals surface area contributed by atoms with Gasteiger partial charge in [-0.1, -0.05) is 6.92 Å². The molecule has 0 saturated carbocycles. The van der Waals surface area contributed by atoms with E-state index in [2.05, 4.69) is 4.90 Å². The molecule has 1 aromatic rings. The second-order valence-corrected chi connectivity index (χ2v) is 6.37. The van der Waals surface area contributed by atoms with Gasteiger partial charge in [0.2, 0.25) is 0 Å². The first-order chi connectivity index (χ1) is 8.23. The van der Waals surface area contributed by atoms with Gasteiger partial charge in [0.05, 0.1) is 5.60 Å². The van der Waals surface area contributed by atoms with Gasteiger partial charge in [-0.3, -0.25) is 4.90 Å². The monoisotopic (exact) mass is 271 g/mol. The van der Waals surface area contributed by atoms with E-state index in [1.807, 2.05) is 13.8 Å². The molecule has 0 aliphatic heterocycles. The highest BCUT2D eigenvalue weighted by Gasteiger charge is 2.19. The zero-order chi connectivity index (χ0) is 13.9. The van der Waals surface area contributed by atoms with E-state index in [4.69, 9.17) is 5.11 Å². The molecule has 0 aliphatic carbocycles. The average molecular weight is 271 g/mol. The molecule has 0 atom stereocenters. The number of carboxylic acids is 1. The van der Waals surface area contributed by atoms with Crippen LogP contribution in [0.5, 0.6) is 0 Å². The molecule has 0 aromatic carbocycles. The van der Waals surface area contributed by atoms with Crippen molar-refractivity contribution in [3.8, 4) is 0 Å². The molecule has 102 valence electrons. The summed E-state index contributed by atoms with van der Waals surface area (Å²) in [5.41, 5.74) is 0.291. The summed E-state index contributed by atoms with van der Waals surface area (Å²) in [5, 5.41) is 18.8. The zero-order valence-electron chi connectivity index (χ0n) is 11.4. The highest BCUT2D eigenvalue weighted by Crippen LogP contribution is 2.23. The van der Waals surface area contributed by atoms with Gasteiger partial charge in [0.25, 0.3) is 0 Å². The van der Waals surface area contributed by atoms with Gasteiger partial charge < -0.3 is 10.2 Å². The van der Waals surface area contributed by atoms with Gasteiger partial charge in [-0.2, -0.15) is 0 Å². The molecule has 1 aromatic heterocycles. The number of hydrogen-bond donors (Lipinski definition) is 2. The van der Waals surface area contributed by atoms with Crippen LogP contribution in [0.1, 0.15) is 40.9 Å². The molecule has 4 nitrogen and oxygen atoms in total. The van der Waals surface area contributed by atoms with E-state index in [9.17, 15) is 9.90 Å². The van der Waals surface area contributed by atoms with E-state index in [1.54, 1.807) is 19.9 Å². The fourth-order valence-corrected chi connectivity index (χ4v) is 2.72. The number of thiophene rings is 1. The molecule has 5 heteroatoms. The van der Waals surface area contributed by atoms with E-state index < -0.39 is 11.6 Å². The number of hydrogen-bond acceptors (Lipinski definition) is 4. The summed E-state index contributed by atoms with van der Waals surface area (Å²) in [5.74, 6) is -0.875. The summed E-state index contributed by atoms with van der Waals surface area (Å²) in [6.07, 6.45) is 0. The first kappa shape index (κ1) is 15.1. The van der Waals surface area contributed by atoms with Gasteiger partial charge in [0.15, 0.2) is 0 Å². The van der Waals surface area contributed by atoms with Crippen molar-refractivity contribution < 1.29 is 15.0 Å². The van der Waals surface area contributed by atoms with Crippen LogP contribution in [0.2, 0.25) is 0 Å². The SMILES string of the molecule is CCN(Cc1cc(C(=O)O)sc1C)CC(C)(C)O. The van der Waals surface area contributed by atoms with Gasteiger partial charge in [-0.15, -0.1) is 11.3 Å². The predicted octanol–water partition coefficient (Wildman–Crippen LogP) is 2.35. The zero-order valence-corrected chi connectivity index (χ0v) is 12.2. The van der Waals surface area contributed by atoms with E-state index >= 15 is 0 Å². The number of rotatable bonds is 6. The summed E-state index contributed by atoms with van der Waals surface area (Å²) < 4.78 is 0. The first-order valence-electron chi connectivity index (χ1n) is 6.00. The van der Waals surface area contributed by atoms with Gasteiger partial charge in [0.1, 0.15) is 4.88 Å². The lowest BCUT2D eigenvalue weighted by Crippen LogP contribution is -2.38. The molecule has 1 rings (SSSR count). The van der Waals surface area contributed by atoms with Gasteiger partial charge >= 0.3 is 5.97 Å². The summed E-state index contributed by atoms with van der Waals surface area (Å²) in [4.78, 5) is 14.4. The third-order valence-corrected chi connectivity index (χ3v) is 3.76. The minimum absolute atomic E-state index is 0.377. The van der Waals surface area contributed by atoms with Crippen molar-refractivity contribution in [3.05, 3.63) is 21.4 Å². The molecule has 0 unspecified atom stereocenters. The van der Waals surface area contributed by atoms with Gasteiger partial charge in [-0.25, -0.2) is 4.79 Å². The van der Waals surface area contributed by atoms with Crippen LogP contribution in [0.3, 0.4) is 0 Å². The quantitative estimate of drug-likeness (QED) is 0.833. The van der Waals surface area contributed by atoms with Gasteiger partial charge in [-0.05, 0) is 38.9 Å². The number of carboxylic acid groups (broad SMARTS) is 1. The highest BCUT2D eigenvalue weighted by atomic mass is 32.1. The van der Waals surface area contributed by atoms with Crippen molar-refractivity contribution in [2.45, 2.75) is 39.8 Å². The van der Waals surface area contributed by atoms with Crippen LogP contribution in [0.15, 0.2) is 6.07 Å². The number of carbonyl (C=O) groups is 1. The topological polar surface area (TPSA) is 60.8 Å². The van der Waals surface area contributed by atoms with Crippen molar-refractivity contribution in [1.29, 1.82) is 0 Å². The highest BCUT2D eigenvalue weighted by molar-refractivity contribution is 7.14. The second kappa shape index (κ2) is 5.82. The minimum Gasteiger partial charge on any atom is -0.477 e. The Morgan fingerprint density at radius 2 is 2.11 bits per heavy atom. The standard InChI is InChI=1S/C13H21NO3S/c1-5-14(8-13(3,4)17)7-10-6-11(12(15)16)18-9(10)2/h6,17H,5,7-8H2,1-4H3,(H,15,16). The molecule has 0 spiro atoms. The first-order valence-corrected chi connectivity index (χ1v) is 6.82. The summed E-state index contributed by atoms with van der Waals surface area (Å²) in [6.45, 7) is 9.59. The fraction of sp³-hybridized carbons (Fsp3) is 0.615. The Kier molecular flexibility index (Phi) is 4.90. The minimum atomic E-state index is -0.875. The van der Waals surface area contributed by atoms with E-state index in [0.717, 1.165) is 17.0 Å². The average Bonchev–Trinajstić information content (AvgIpc) is 2.57. The maximum Gasteiger partial charge on any atom is 0.345 e. The lowest BCUT2D eigenvalue weighted by molar-refractivity contribution is 0.0353. The second-order valence-electron chi connectivity index (χ2n) is 5.11. The van der Waals surface area contributed by atoms with Crippen LogP contribution < -0.4 is 0 Å². The van der Waals surface area contributed by atoms with Crippen LogP contribution in [-0.4, -0.2) is 39.8 Å². The Morgan fingerprint density at radius 1 is 1.50 bits per heavy atom. The third-order valence-electron chi connectivity index (χ3n) is 2.68. The summed E-state index contributed by atoms with van der Waals surface area (Å²) in [7, 11) is 0. The van der Waals surface area contributed by atoms with Crippen molar-refractivity contribution >= 4 is 17.3 Å². The maximum atomic E-state index is 10.9. The lowest BCUT2D eigenvalue weighted by Gasteiger charge is -2.27. The molecule has 1 heterocycles. The molecule has 2 N–H and O–H groups in total. The van der Waals surface area contributed by atoms with Crippen LogP contribution in [0, 0.1) is 6.92 Å². The third kappa shape index (κ3) is 4.40. The lowest BCUT2D eigenvalue weighted by atomic mass is 10.1. The Balaban J connectivity index is 2.79. The number of aromatic carboxylic acids is 1. The molecule has 18 heavy (non-hydrogen) atoms. The van der Waals surface area contributed by atoms with Crippen molar-refractivity contribution in [2.75, 3.05) is 13.1 Å². The van der Waals surface area contributed by atoms with Gasteiger partial charge in [0, 0.05) is 18.0 Å². The van der Waals surface area contributed by atoms with Crippen molar-refractivity contribution in [2.24, 2.45) is 0 Å². The Hall–Kier alpha value is -0.910. The maximum absolute atomic E-state index is 10.9. The fourth-order valence-electron chi connectivity index (χ4n) is 1.85. The number of nitrogens with zero attached hydrogens (tertiary/aromatic N) is 1. The number of likely N-dealkylation sites (N-methyl/N-ethyl adjacent to an activating group) is 1. The van der Waals surface area contributed by atoms with E-state index in [-0.39, 0.29) is 0 Å². The molecule has 0 aliphatic rings. The van der Waals surface area contributed by atoms with Crippen molar-refractivity contribution in [3.63, 3.8) is 0 Å². The van der Waals surface area contributed by atoms with Crippen LogP contribution in [-0.2, 0) is 6.54 Å². The normalized spacial score (nSPS) is 12.1. The van der Waals surface area contributed by atoms with Crippen LogP contribution in [0.25, 0.3) is 0 Å². The van der Waals surface area contributed by atoms with Crippen LogP contribution >= 0.6 is 11.3 Å². The Morgan fingerprint density at radius 3 is 2.50 bits per heavy atom. The molecule has 0 fully saturated rings. The molecule has 0 radical (unpaired) electrons. The van der Waals surface area contributed by atoms with E-state index in [1.165, 1.54) is 11.3 Å². The molecule has 0 bridgehead atoms. The Labute approximate surface area is 112 Å². The summed E-state index contributed by atoms with van der Waals surface area (Å²) >= 11 is 1.30. The molecule has 0 amide bonds. The molecule has 0 saturated heterocycles. The van der Waals surface area contributed by atoms with Crippen LogP contribution in [0.4, 0.5) is 0 Å². The Bertz CT molecular complexity index is 420.